The third-order valence-electron chi connectivity index (χ3n) is 5.13. The molecule has 0 fully saturated rings. The summed E-state index contributed by atoms with van der Waals surface area (Å²) >= 11 is 0. The number of amides is 1. The first-order valence-electron chi connectivity index (χ1n) is 10.5. The number of nitrogens with one attached hydrogen (secondary N) is 1. The summed E-state index contributed by atoms with van der Waals surface area (Å²) in [5, 5.41) is 2.59. The first kappa shape index (κ1) is 28.2. The van der Waals surface area contributed by atoms with E-state index < -0.39 is 23.9 Å². The fourth-order valence-electron chi connectivity index (χ4n) is 3.26. The summed E-state index contributed by atoms with van der Waals surface area (Å²) in [6, 6.07) is 5.77. The van der Waals surface area contributed by atoms with E-state index in [1.807, 2.05) is 11.9 Å². The molecule has 0 radical (unpaired) electrons. The molecule has 0 aliphatic carbocycles. The van der Waals surface area contributed by atoms with Crippen LogP contribution in [0, 0.1) is 0 Å². The Balaban J connectivity index is 0.00000456. The van der Waals surface area contributed by atoms with Crippen molar-refractivity contribution in [2.45, 2.75) is 25.4 Å². The predicted molar refractivity (Wildman–Crippen MR) is 137 cm³/mol. The number of benzene rings is 1. The van der Waals surface area contributed by atoms with Crippen LogP contribution >= 0.6 is 17.0 Å². The molecule has 0 bridgehead atoms. The number of hydrogen-bond donors (Lipinski definition) is 3. The molecule has 0 unspecified atom stereocenters. The Morgan fingerprint density at radius 1 is 1.06 bits per heavy atom. The third-order valence-corrected chi connectivity index (χ3v) is 5.13. The number of aromatic nitrogens is 4. The van der Waals surface area contributed by atoms with E-state index in [-0.39, 0.29) is 41.6 Å². The first-order chi connectivity index (χ1) is 16.7. The fraction of sp³-hybridized carbons (Fsp3) is 0.318. The highest BCUT2D eigenvalue weighted by Gasteiger charge is 2.23. The zero-order valence-electron chi connectivity index (χ0n) is 19.9. The van der Waals surface area contributed by atoms with E-state index in [4.69, 9.17) is 16.2 Å². The van der Waals surface area contributed by atoms with Crippen LogP contribution in [0.2, 0.25) is 0 Å². The van der Waals surface area contributed by atoms with Crippen molar-refractivity contribution in [3.63, 3.8) is 0 Å². The standard InChI is InChI=1S/C22H26N8O5.BrH/c1-30(11-13-10-25-19-17(26-13)18(23)28-22(24)29-19)14-6-4-12(5-7-14)20(32)27-15(21(33)35-3)8-9-16(31)34-2;/h4-7,10,15H,8-9,11H2,1-3H3,(H,27,32)(H4,23,24,25,28,29);1H/t15-;/m0./s1. The van der Waals surface area contributed by atoms with Gasteiger partial charge in [0.15, 0.2) is 17.0 Å². The minimum absolute atomic E-state index is 0. The van der Waals surface area contributed by atoms with E-state index in [1.54, 1.807) is 30.5 Å². The van der Waals surface area contributed by atoms with Crippen LogP contribution in [0.5, 0.6) is 0 Å². The maximum absolute atomic E-state index is 12.6. The van der Waals surface area contributed by atoms with Crippen molar-refractivity contribution in [3.05, 3.63) is 41.7 Å². The zero-order chi connectivity index (χ0) is 25.5. The molecular weight excluding hydrogens is 536 g/mol. The quantitative estimate of drug-likeness (QED) is 0.314. The number of methoxy groups -OCH3 is 2. The lowest BCUT2D eigenvalue weighted by atomic mass is 10.1. The Hall–Kier alpha value is -4.07. The molecule has 192 valence electrons. The Morgan fingerprint density at radius 3 is 2.39 bits per heavy atom. The maximum Gasteiger partial charge on any atom is 0.328 e. The summed E-state index contributed by atoms with van der Waals surface area (Å²) in [5.41, 5.74) is 13.9. The Kier molecular flexibility index (Phi) is 9.84. The van der Waals surface area contributed by atoms with Gasteiger partial charge in [-0.25, -0.2) is 14.8 Å². The molecule has 36 heavy (non-hydrogen) atoms. The van der Waals surface area contributed by atoms with E-state index >= 15 is 0 Å². The molecule has 0 saturated heterocycles. The van der Waals surface area contributed by atoms with Crippen molar-refractivity contribution in [3.8, 4) is 0 Å². The number of carbonyl (C=O) groups excluding carboxylic acids is 3. The summed E-state index contributed by atoms with van der Waals surface area (Å²) in [7, 11) is 4.31. The van der Waals surface area contributed by atoms with Gasteiger partial charge in [0, 0.05) is 24.7 Å². The highest BCUT2D eigenvalue weighted by Crippen LogP contribution is 2.19. The predicted octanol–water partition coefficient (Wildman–Crippen LogP) is 1.02. The summed E-state index contributed by atoms with van der Waals surface area (Å²) in [5.74, 6) is -1.44. The molecule has 2 heterocycles. The number of nitrogens with zero attached hydrogens (tertiary/aromatic N) is 5. The number of halogens is 1. The van der Waals surface area contributed by atoms with Crippen LogP contribution in [-0.2, 0) is 25.6 Å². The van der Waals surface area contributed by atoms with Crippen molar-refractivity contribution in [1.29, 1.82) is 0 Å². The zero-order valence-corrected chi connectivity index (χ0v) is 21.6. The van der Waals surface area contributed by atoms with Crippen LogP contribution in [-0.4, -0.2) is 65.1 Å². The second-order valence-electron chi connectivity index (χ2n) is 7.57. The summed E-state index contributed by atoms with van der Waals surface area (Å²) in [6.45, 7) is 0.399. The molecule has 0 aliphatic heterocycles. The monoisotopic (exact) mass is 562 g/mol. The minimum atomic E-state index is -0.979. The number of anilines is 3. The lowest BCUT2D eigenvalue weighted by molar-refractivity contribution is -0.144. The Morgan fingerprint density at radius 2 is 1.75 bits per heavy atom. The second-order valence-corrected chi connectivity index (χ2v) is 7.57. The molecule has 13 nitrogen and oxygen atoms in total. The van der Waals surface area contributed by atoms with Crippen molar-refractivity contribution in [2.75, 3.05) is 37.6 Å². The molecule has 2 aromatic heterocycles. The molecule has 5 N–H and O–H groups in total. The van der Waals surface area contributed by atoms with Crippen molar-refractivity contribution < 1.29 is 23.9 Å². The van der Waals surface area contributed by atoms with E-state index in [0.29, 0.717) is 29.0 Å². The van der Waals surface area contributed by atoms with Gasteiger partial charge in [0.05, 0.1) is 32.7 Å². The molecule has 0 saturated carbocycles. The van der Waals surface area contributed by atoms with E-state index in [0.717, 1.165) is 5.69 Å². The molecule has 3 aromatic rings. The largest absolute Gasteiger partial charge is 0.469 e. The average Bonchev–Trinajstić information content (AvgIpc) is 2.86. The van der Waals surface area contributed by atoms with Crippen LogP contribution < -0.4 is 21.7 Å². The molecule has 3 rings (SSSR count). The highest BCUT2D eigenvalue weighted by atomic mass is 79.9. The van der Waals surface area contributed by atoms with Crippen LogP contribution in [0.25, 0.3) is 11.2 Å². The molecule has 1 amide bonds. The molecule has 1 aromatic carbocycles. The Labute approximate surface area is 217 Å². The normalized spacial score (nSPS) is 11.2. The maximum atomic E-state index is 12.6. The van der Waals surface area contributed by atoms with Crippen molar-refractivity contribution in [2.24, 2.45) is 0 Å². The molecular formula is C22H27BrN8O5. The van der Waals surface area contributed by atoms with Crippen molar-refractivity contribution >= 4 is 63.4 Å². The van der Waals surface area contributed by atoms with Gasteiger partial charge in [-0.3, -0.25) is 9.59 Å². The second kappa shape index (κ2) is 12.6. The number of nitrogens with two attached hydrogens (primary N) is 2. The third kappa shape index (κ3) is 6.97. The number of hydrogen-bond acceptors (Lipinski definition) is 12. The smallest absolute Gasteiger partial charge is 0.328 e. The lowest BCUT2D eigenvalue weighted by Gasteiger charge is -2.20. The average molecular weight is 563 g/mol. The van der Waals surface area contributed by atoms with Gasteiger partial charge in [0.25, 0.3) is 5.91 Å². The van der Waals surface area contributed by atoms with E-state index in [9.17, 15) is 14.4 Å². The van der Waals surface area contributed by atoms with Crippen LogP contribution in [0.15, 0.2) is 30.5 Å². The number of esters is 2. The molecule has 1 atom stereocenters. The number of fused-ring (bicyclic) bond motifs is 1. The lowest BCUT2D eigenvalue weighted by Crippen LogP contribution is -2.41. The molecule has 0 spiro atoms. The summed E-state index contributed by atoms with van der Waals surface area (Å²) in [6.07, 6.45) is 1.59. The number of nitrogen functional groups attached to an aromatic ring is 2. The summed E-state index contributed by atoms with van der Waals surface area (Å²) in [4.78, 5) is 54.6. The topological polar surface area (TPSA) is 189 Å². The van der Waals surface area contributed by atoms with Crippen molar-refractivity contribution in [1.82, 2.24) is 25.3 Å². The first-order valence-corrected chi connectivity index (χ1v) is 10.5. The van der Waals surface area contributed by atoms with Crippen LogP contribution in [0.3, 0.4) is 0 Å². The number of carbonyl (C=O) groups is 3. The molecule has 14 heteroatoms. The van der Waals surface area contributed by atoms with Gasteiger partial charge in [-0.2, -0.15) is 9.97 Å². The number of ether oxygens (including phenoxy) is 2. The van der Waals surface area contributed by atoms with E-state index in [2.05, 4.69) is 30.0 Å². The SMILES string of the molecule is Br.COC(=O)CC[C@H](NC(=O)c1ccc(N(C)Cc2cnc3nc(N)nc(N)c3n2)cc1)C(=O)OC. The summed E-state index contributed by atoms with van der Waals surface area (Å²) < 4.78 is 9.30. The van der Waals surface area contributed by atoms with Crippen LogP contribution in [0.4, 0.5) is 17.5 Å². The Bertz CT molecular complexity index is 1240. The van der Waals surface area contributed by atoms with Gasteiger partial charge in [-0.15, -0.1) is 17.0 Å². The minimum Gasteiger partial charge on any atom is -0.469 e. The van der Waals surface area contributed by atoms with Gasteiger partial charge in [-0.05, 0) is 30.7 Å². The number of rotatable bonds is 9. The molecule has 0 aliphatic rings. The van der Waals surface area contributed by atoms with Gasteiger partial charge >= 0.3 is 11.9 Å². The van der Waals surface area contributed by atoms with Gasteiger partial charge in [0.1, 0.15) is 6.04 Å². The van der Waals surface area contributed by atoms with Crippen LogP contribution in [0.1, 0.15) is 28.9 Å². The van der Waals surface area contributed by atoms with Gasteiger partial charge in [0.2, 0.25) is 5.95 Å². The fourth-order valence-corrected chi connectivity index (χ4v) is 3.26. The van der Waals surface area contributed by atoms with Gasteiger partial charge in [-0.1, -0.05) is 0 Å². The van der Waals surface area contributed by atoms with E-state index in [1.165, 1.54) is 14.2 Å². The van der Waals surface area contributed by atoms with Gasteiger partial charge < -0.3 is 31.2 Å². The highest BCUT2D eigenvalue weighted by molar-refractivity contribution is 8.93.